The fourth-order valence-corrected chi connectivity index (χ4v) is 2.28. The van der Waals surface area contributed by atoms with Crippen LogP contribution in [0.1, 0.15) is 30.4 Å². The molecule has 0 atom stereocenters. The van der Waals surface area contributed by atoms with Crippen molar-refractivity contribution in [2.24, 2.45) is 0 Å². The van der Waals surface area contributed by atoms with Gasteiger partial charge in [0.05, 0.1) is 0 Å². The van der Waals surface area contributed by atoms with E-state index in [0.29, 0.717) is 0 Å². The van der Waals surface area contributed by atoms with Gasteiger partial charge >= 0.3 is 0 Å². The maximum Gasteiger partial charge on any atom is 0.0104 e. The Morgan fingerprint density at radius 3 is 2.83 bits per heavy atom. The van der Waals surface area contributed by atoms with Crippen LogP contribution in [0.25, 0.3) is 0 Å². The summed E-state index contributed by atoms with van der Waals surface area (Å²) in [6.45, 7) is 5.68. The van der Waals surface area contributed by atoms with Crippen LogP contribution in [-0.4, -0.2) is 37.6 Å². The Labute approximate surface area is 111 Å². The normalized spacial score (nSPS) is 15.3. The molecule has 18 heavy (non-hydrogen) atoms. The van der Waals surface area contributed by atoms with Crippen molar-refractivity contribution in [2.75, 3.05) is 26.7 Å². The Morgan fingerprint density at radius 2 is 2.11 bits per heavy atom. The molecular formula is C16H26N2. The van der Waals surface area contributed by atoms with Gasteiger partial charge in [-0.15, -0.1) is 0 Å². The molecular weight excluding hydrogens is 220 g/mol. The second-order valence-electron chi connectivity index (χ2n) is 5.62. The van der Waals surface area contributed by atoms with E-state index in [2.05, 4.69) is 48.5 Å². The highest BCUT2D eigenvalue weighted by molar-refractivity contribution is 5.22. The molecule has 2 rings (SSSR count). The summed E-state index contributed by atoms with van der Waals surface area (Å²) in [5, 5.41) is 3.56. The molecule has 0 amide bonds. The first-order valence-corrected chi connectivity index (χ1v) is 7.21. The number of rotatable bonds is 8. The van der Waals surface area contributed by atoms with E-state index in [-0.39, 0.29) is 0 Å². The molecule has 1 aromatic carbocycles. The van der Waals surface area contributed by atoms with Crippen LogP contribution in [0.5, 0.6) is 0 Å². The molecule has 0 unspecified atom stereocenters. The van der Waals surface area contributed by atoms with Gasteiger partial charge in [-0.05, 0) is 51.8 Å². The third-order valence-corrected chi connectivity index (χ3v) is 3.59. The first-order valence-electron chi connectivity index (χ1n) is 7.21. The highest BCUT2D eigenvalue weighted by Gasteiger charge is 2.19. The summed E-state index contributed by atoms with van der Waals surface area (Å²) < 4.78 is 0. The van der Waals surface area contributed by atoms with Gasteiger partial charge in [0.15, 0.2) is 0 Å². The molecule has 1 aromatic rings. The van der Waals surface area contributed by atoms with Crippen molar-refractivity contribution in [3.63, 3.8) is 0 Å². The molecule has 0 aliphatic heterocycles. The van der Waals surface area contributed by atoms with Crippen LogP contribution in [-0.2, 0) is 6.42 Å². The summed E-state index contributed by atoms with van der Waals surface area (Å²) in [6.07, 6.45) is 5.22. The third kappa shape index (κ3) is 5.19. The van der Waals surface area contributed by atoms with Gasteiger partial charge in [0.1, 0.15) is 0 Å². The molecule has 100 valence electrons. The van der Waals surface area contributed by atoms with Gasteiger partial charge in [0, 0.05) is 19.1 Å². The molecule has 0 radical (unpaired) electrons. The molecule has 0 bridgehead atoms. The highest BCUT2D eigenvalue weighted by Crippen LogP contribution is 2.17. The molecule has 0 saturated heterocycles. The number of likely N-dealkylation sites (N-methyl/N-ethyl adjacent to an activating group) is 1. The van der Waals surface area contributed by atoms with E-state index in [4.69, 9.17) is 0 Å². The van der Waals surface area contributed by atoms with E-state index in [1.54, 1.807) is 0 Å². The molecule has 0 aromatic heterocycles. The van der Waals surface area contributed by atoms with Gasteiger partial charge in [-0.25, -0.2) is 0 Å². The average molecular weight is 246 g/mol. The zero-order valence-corrected chi connectivity index (χ0v) is 11.8. The topological polar surface area (TPSA) is 15.3 Å². The van der Waals surface area contributed by atoms with Gasteiger partial charge < -0.3 is 10.2 Å². The van der Waals surface area contributed by atoms with Crippen molar-refractivity contribution in [1.29, 1.82) is 0 Å². The molecule has 1 N–H and O–H groups in total. The molecule has 2 heteroatoms. The lowest BCUT2D eigenvalue weighted by Crippen LogP contribution is -2.31. The summed E-state index contributed by atoms with van der Waals surface area (Å²) >= 11 is 0. The van der Waals surface area contributed by atoms with Crippen molar-refractivity contribution >= 4 is 0 Å². The van der Waals surface area contributed by atoms with E-state index in [0.717, 1.165) is 12.6 Å². The van der Waals surface area contributed by atoms with E-state index in [9.17, 15) is 0 Å². The van der Waals surface area contributed by atoms with Gasteiger partial charge in [-0.1, -0.05) is 29.8 Å². The van der Waals surface area contributed by atoms with Crippen LogP contribution in [0.3, 0.4) is 0 Å². The van der Waals surface area contributed by atoms with Crippen molar-refractivity contribution in [1.82, 2.24) is 10.2 Å². The maximum absolute atomic E-state index is 3.56. The van der Waals surface area contributed by atoms with Crippen LogP contribution >= 0.6 is 0 Å². The van der Waals surface area contributed by atoms with E-state index < -0.39 is 0 Å². The molecule has 1 aliphatic rings. The van der Waals surface area contributed by atoms with Crippen LogP contribution in [0, 0.1) is 6.92 Å². The molecule has 1 fully saturated rings. The van der Waals surface area contributed by atoms with Crippen LogP contribution < -0.4 is 5.32 Å². The Kier molecular flexibility index (Phi) is 5.21. The van der Waals surface area contributed by atoms with Crippen LogP contribution in [0.4, 0.5) is 0 Å². The Balaban J connectivity index is 1.56. The number of aryl methyl sites for hydroxylation is 2. The highest BCUT2D eigenvalue weighted by atomic mass is 15.1. The van der Waals surface area contributed by atoms with Crippen molar-refractivity contribution < 1.29 is 0 Å². The fourth-order valence-electron chi connectivity index (χ4n) is 2.28. The molecule has 1 saturated carbocycles. The largest absolute Gasteiger partial charge is 0.313 e. The van der Waals surface area contributed by atoms with Crippen LogP contribution in [0.2, 0.25) is 0 Å². The number of hydrogen-bond donors (Lipinski definition) is 1. The summed E-state index contributed by atoms with van der Waals surface area (Å²) in [4.78, 5) is 2.44. The van der Waals surface area contributed by atoms with Gasteiger partial charge in [-0.2, -0.15) is 0 Å². The molecule has 0 spiro atoms. The van der Waals surface area contributed by atoms with Gasteiger partial charge in [-0.3, -0.25) is 0 Å². The lowest BCUT2D eigenvalue weighted by Gasteiger charge is -2.16. The predicted molar refractivity (Wildman–Crippen MR) is 78.0 cm³/mol. The zero-order chi connectivity index (χ0) is 12.8. The second-order valence-corrected chi connectivity index (χ2v) is 5.62. The zero-order valence-electron chi connectivity index (χ0n) is 11.8. The average Bonchev–Trinajstić information content (AvgIpc) is 3.13. The Morgan fingerprint density at radius 1 is 1.28 bits per heavy atom. The number of nitrogens with zero attached hydrogens (tertiary/aromatic N) is 1. The third-order valence-electron chi connectivity index (χ3n) is 3.59. The summed E-state index contributed by atoms with van der Waals surface area (Å²) in [6, 6.07) is 9.70. The molecule has 1 aliphatic carbocycles. The van der Waals surface area contributed by atoms with Crippen molar-refractivity contribution in [2.45, 2.75) is 38.6 Å². The van der Waals surface area contributed by atoms with Crippen LogP contribution in [0.15, 0.2) is 24.3 Å². The monoisotopic (exact) mass is 246 g/mol. The fraction of sp³-hybridized carbons (Fsp3) is 0.625. The number of nitrogens with one attached hydrogen (secondary N) is 1. The summed E-state index contributed by atoms with van der Waals surface area (Å²) in [5.74, 6) is 0. The lowest BCUT2D eigenvalue weighted by atomic mass is 10.1. The van der Waals surface area contributed by atoms with E-state index in [1.807, 2.05) is 0 Å². The SMILES string of the molecule is Cc1cccc(CCCN(C)CCNC2CC2)c1. The maximum atomic E-state index is 3.56. The van der Waals surface area contributed by atoms with E-state index >= 15 is 0 Å². The smallest absolute Gasteiger partial charge is 0.0104 e. The minimum Gasteiger partial charge on any atom is -0.313 e. The summed E-state index contributed by atoms with van der Waals surface area (Å²) in [7, 11) is 2.23. The second kappa shape index (κ2) is 6.91. The molecule has 2 nitrogen and oxygen atoms in total. The number of hydrogen-bond acceptors (Lipinski definition) is 2. The van der Waals surface area contributed by atoms with Gasteiger partial charge in [0.2, 0.25) is 0 Å². The Hall–Kier alpha value is -0.860. The van der Waals surface area contributed by atoms with E-state index in [1.165, 1.54) is 49.9 Å². The minimum absolute atomic E-state index is 0.839. The standard InChI is InChI=1S/C16H26N2/c1-14-5-3-6-15(13-14)7-4-11-18(2)12-10-17-16-8-9-16/h3,5-6,13,16-17H,4,7-12H2,1-2H3. The first kappa shape index (κ1) is 13.6. The van der Waals surface area contributed by atoms with Gasteiger partial charge in [0.25, 0.3) is 0 Å². The lowest BCUT2D eigenvalue weighted by molar-refractivity contribution is 0.326. The predicted octanol–water partition coefficient (Wildman–Crippen LogP) is 2.61. The first-order chi connectivity index (χ1) is 8.74. The summed E-state index contributed by atoms with van der Waals surface area (Å²) in [5.41, 5.74) is 2.84. The number of benzene rings is 1. The van der Waals surface area contributed by atoms with Crippen molar-refractivity contribution in [3.8, 4) is 0 Å². The minimum atomic E-state index is 0.839. The van der Waals surface area contributed by atoms with Crippen molar-refractivity contribution in [3.05, 3.63) is 35.4 Å². The Bertz CT molecular complexity index is 358. The molecule has 0 heterocycles. The quantitative estimate of drug-likeness (QED) is 0.758.